The number of piperazine rings is 1. The highest BCUT2D eigenvalue weighted by molar-refractivity contribution is 5.95. The highest BCUT2D eigenvalue weighted by Crippen LogP contribution is 2.24. The van der Waals surface area contributed by atoms with E-state index in [1.165, 1.54) is 19.3 Å². The Balaban J connectivity index is 1.57. The number of amides is 1. The van der Waals surface area contributed by atoms with Crippen molar-refractivity contribution < 1.29 is 14.3 Å². The number of ether oxygens (including phenoxy) is 2. The summed E-state index contributed by atoms with van der Waals surface area (Å²) in [6.07, 6.45) is 8.29. The van der Waals surface area contributed by atoms with Crippen LogP contribution >= 0.6 is 0 Å². The Morgan fingerprint density at radius 2 is 1.72 bits per heavy atom. The zero-order chi connectivity index (χ0) is 17.6. The van der Waals surface area contributed by atoms with Crippen molar-refractivity contribution in [2.75, 3.05) is 46.9 Å². The molecule has 1 atom stereocenters. The number of nitrogens with zero attached hydrogens (tertiary/aromatic N) is 2. The first-order valence-electron chi connectivity index (χ1n) is 9.09. The number of carbonyl (C=O) groups excluding carboxylic acids is 1. The lowest BCUT2D eigenvalue weighted by molar-refractivity contribution is 0.0613. The minimum atomic E-state index is 0.0532. The van der Waals surface area contributed by atoms with E-state index in [0.717, 1.165) is 38.6 Å². The first-order valence-corrected chi connectivity index (χ1v) is 9.09. The van der Waals surface area contributed by atoms with Crippen molar-refractivity contribution in [1.29, 1.82) is 0 Å². The molecule has 5 nitrogen and oxygen atoms in total. The molecule has 1 saturated heterocycles. The van der Waals surface area contributed by atoms with Gasteiger partial charge in [-0.2, -0.15) is 0 Å². The standard InChI is InChI=1S/C20H28N2O3/c1-24-18-12-17(13-19(14-18)25-2)20(23)22-10-8-21(9-11-22)15-16-6-4-3-5-7-16/h3-4,12-14,16H,5-11,15H2,1-2H3/t16-/m1/s1. The van der Waals surface area contributed by atoms with Crippen molar-refractivity contribution in [3.05, 3.63) is 35.9 Å². The Morgan fingerprint density at radius 3 is 2.28 bits per heavy atom. The predicted octanol–water partition coefficient (Wildman–Crippen LogP) is 2.82. The van der Waals surface area contributed by atoms with Crippen LogP contribution < -0.4 is 9.47 Å². The van der Waals surface area contributed by atoms with E-state index in [1.54, 1.807) is 32.4 Å². The third kappa shape index (κ3) is 4.54. The Kier molecular flexibility index (Phi) is 5.97. The van der Waals surface area contributed by atoms with E-state index in [2.05, 4.69) is 17.1 Å². The topological polar surface area (TPSA) is 42.0 Å². The summed E-state index contributed by atoms with van der Waals surface area (Å²) in [6, 6.07) is 5.35. The maximum absolute atomic E-state index is 12.8. The Labute approximate surface area is 150 Å². The molecule has 1 aromatic carbocycles. The van der Waals surface area contributed by atoms with Crippen molar-refractivity contribution in [3.63, 3.8) is 0 Å². The van der Waals surface area contributed by atoms with Crippen LogP contribution in [0.1, 0.15) is 29.6 Å². The lowest BCUT2D eigenvalue weighted by atomic mass is 9.94. The molecule has 0 N–H and O–H groups in total. The average Bonchev–Trinajstić information content (AvgIpc) is 2.68. The van der Waals surface area contributed by atoms with Gasteiger partial charge in [-0.05, 0) is 37.3 Å². The highest BCUT2D eigenvalue weighted by Gasteiger charge is 2.24. The van der Waals surface area contributed by atoms with Crippen LogP contribution in [0.25, 0.3) is 0 Å². The Morgan fingerprint density at radius 1 is 1.04 bits per heavy atom. The fourth-order valence-electron chi connectivity index (χ4n) is 3.63. The minimum absolute atomic E-state index is 0.0532. The molecule has 5 heteroatoms. The van der Waals surface area contributed by atoms with Crippen LogP contribution in [0.3, 0.4) is 0 Å². The Bertz CT molecular complexity index is 599. The van der Waals surface area contributed by atoms with Crippen molar-refractivity contribution in [2.24, 2.45) is 5.92 Å². The van der Waals surface area contributed by atoms with Crippen LogP contribution in [0.5, 0.6) is 11.5 Å². The van der Waals surface area contributed by atoms with Gasteiger partial charge in [0.15, 0.2) is 0 Å². The fourth-order valence-corrected chi connectivity index (χ4v) is 3.63. The van der Waals surface area contributed by atoms with Gasteiger partial charge in [0, 0.05) is 44.4 Å². The summed E-state index contributed by atoms with van der Waals surface area (Å²) in [7, 11) is 3.20. The number of methoxy groups -OCH3 is 2. The lowest BCUT2D eigenvalue weighted by Gasteiger charge is -2.36. The second-order valence-corrected chi connectivity index (χ2v) is 6.84. The van der Waals surface area contributed by atoms with Gasteiger partial charge in [0.1, 0.15) is 11.5 Å². The molecule has 25 heavy (non-hydrogen) atoms. The molecule has 1 aliphatic heterocycles. The van der Waals surface area contributed by atoms with Gasteiger partial charge >= 0.3 is 0 Å². The SMILES string of the molecule is COc1cc(OC)cc(C(=O)N2CCN(C[C@@H]3CC=CCC3)CC2)c1. The van der Waals surface area contributed by atoms with E-state index in [0.29, 0.717) is 17.1 Å². The third-order valence-corrected chi connectivity index (χ3v) is 5.15. The molecule has 0 radical (unpaired) electrons. The van der Waals surface area contributed by atoms with Gasteiger partial charge in [0.25, 0.3) is 5.91 Å². The van der Waals surface area contributed by atoms with Gasteiger partial charge < -0.3 is 14.4 Å². The molecule has 1 fully saturated rings. The van der Waals surface area contributed by atoms with Crippen LogP contribution in [0.15, 0.2) is 30.4 Å². The lowest BCUT2D eigenvalue weighted by Crippen LogP contribution is -2.49. The average molecular weight is 344 g/mol. The number of rotatable bonds is 5. The van der Waals surface area contributed by atoms with Crippen LogP contribution in [-0.4, -0.2) is 62.7 Å². The van der Waals surface area contributed by atoms with Gasteiger partial charge in [-0.3, -0.25) is 9.69 Å². The van der Waals surface area contributed by atoms with Gasteiger partial charge in [0.2, 0.25) is 0 Å². The largest absolute Gasteiger partial charge is 0.497 e. The van der Waals surface area contributed by atoms with Gasteiger partial charge in [-0.15, -0.1) is 0 Å². The van der Waals surface area contributed by atoms with E-state index in [1.807, 2.05) is 4.90 Å². The summed E-state index contributed by atoms with van der Waals surface area (Å²) in [5.74, 6) is 2.12. The van der Waals surface area contributed by atoms with Crippen molar-refractivity contribution in [2.45, 2.75) is 19.3 Å². The summed E-state index contributed by atoms with van der Waals surface area (Å²) in [5.41, 5.74) is 0.627. The molecule has 1 amide bonds. The second-order valence-electron chi connectivity index (χ2n) is 6.84. The zero-order valence-corrected chi connectivity index (χ0v) is 15.2. The second kappa shape index (κ2) is 8.39. The summed E-state index contributed by atoms with van der Waals surface area (Å²) >= 11 is 0. The maximum atomic E-state index is 12.8. The van der Waals surface area contributed by atoms with Crippen LogP contribution in [0.4, 0.5) is 0 Å². The molecule has 1 heterocycles. The fraction of sp³-hybridized carbons (Fsp3) is 0.550. The van der Waals surface area contributed by atoms with E-state index >= 15 is 0 Å². The van der Waals surface area contributed by atoms with Gasteiger partial charge in [-0.25, -0.2) is 0 Å². The quantitative estimate of drug-likeness (QED) is 0.771. The predicted molar refractivity (Wildman–Crippen MR) is 98.4 cm³/mol. The van der Waals surface area contributed by atoms with E-state index in [4.69, 9.17) is 9.47 Å². The molecule has 2 aliphatic rings. The highest BCUT2D eigenvalue weighted by atomic mass is 16.5. The molecule has 0 saturated carbocycles. The van der Waals surface area contributed by atoms with E-state index in [9.17, 15) is 4.79 Å². The zero-order valence-electron chi connectivity index (χ0n) is 15.2. The minimum Gasteiger partial charge on any atom is -0.497 e. The summed E-state index contributed by atoms with van der Waals surface area (Å²) in [6.45, 7) is 4.61. The third-order valence-electron chi connectivity index (χ3n) is 5.15. The maximum Gasteiger partial charge on any atom is 0.254 e. The van der Waals surface area contributed by atoms with Crippen LogP contribution in [0.2, 0.25) is 0 Å². The molecule has 1 aliphatic carbocycles. The van der Waals surface area contributed by atoms with Crippen LogP contribution in [-0.2, 0) is 0 Å². The molecular weight excluding hydrogens is 316 g/mol. The van der Waals surface area contributed by atoms with Crippen molar-refractivity contribution in [1.82, 2.24) is 9.80 Å². The molecule has 0 spiro atoms. The monoisotopic (exact) mass is 344 g/mol. The number of hydrogen-bond acceptors (Lipinski definition) is 4. The van der Waals surface area contributed by atoms with E-state index < -0.39 is 0 Å². The number of hydrogen-bond donors (Lipinski definition) is 0. The molecule has 1 aromatic rings. The molecule has 0 aromatic heterocycles. The first-order chi connectivity index (χ1) is 12.2. The summed E-state index contributed by atoms with van der Waals surface area (Å²) in [5, 5.41) is 0. The molecule has 0 unspecified atom stereocenters. The number of carbonyl (C=O) groups is 1. The van der Waals surface area contributed by atoms with Gasteiger partial charge in [-0.1, -0.05) is 12.2 Å². The molecule has 0 bridgehead atoms. The normalized spacial score (nSPS) is 21.2. The van der Waals surface area contributed by atoms with Crippen LogP contribution in [0, 0.1) is 5.92 Å². The Hall–Kier alpha value is -2.01. The van der Waals surface area contributed by atoms with E-state index in [-0.39, 0.29) is 5.91 Å². The molecule has 136 valence electrons. The number of benzene rings is 1. The van der Waals surface area contributed by atoms with Crippen molar-refractivity contribution in [3.8, 4) is 11.5 Å². The van der Waals surface area contributed by atoms with Crippen molar-refractivity contribution >= 4 is 5.91 Å². The summed E-state index contributed by atoms with van der Waals surface area (Å²) < 4.78 is 10.5. The molecule has 3 rings (SSSR count). The smallest absolute Gasteiger partial charge is 0.254 e. The molecular formula is C20H28N2O3. The summed E-state index contributed by atoms with van der Waals surface area (Å²) in [4.78, 5) is 17.3. The first kappa shape index (κ1) is 17.8. The van der Waals surface area contributed by atoms with Gasteiger partial charge in [0.05, 0.1) is 14.2 Å². The number of allylic oxidation sites excluding steroid dienone is 2.